The maximum absolute atomic E-state index is 12.4. The van der Waals surface area contributed by atoms with Gasteiger partial charge < -0.3 is 4.57 Å². The highest BCUT2D eigenvalue weighted by molar-refractivity contribution is 9.10. The summed E-state index contributed by atoms with van der Waals surface area (Å²) in [6, 6.07) is 8.40. The molecule has 1 aliphatic rings. The first-order chi connectivity index (χ1) is 9.78. The van der Waals surface area contributed by atoms with E-state index in [9.17, 15) is 4.79 Å². The van der Waals surface area contributed by atoms with Crippen LogP contribution in [0.25, 0.3) is 5.69 Å². The van der Waals surface area contributed by atoms with E-state index in [1.54, 1.807) is 0 Å². The molecule has 2 nitrogen and oxygen atoms in total. The minimum absolute atomic E-state index is 0.0387. The Hall–Kier alpha value is -1.35. The third-order valence-electron chi connectivity index (χ3n) is 4.27. The summed E-state index contributed by atoms with van der Waals surface area (Å²) in [6.45, 7) is 8.52. The smallest absolute Gasteiger partial charge is 0.165 e. The number of nitrogens with zero attached hydrogens (tertiary/aromatic N) is 1. The topological polar surface area (TPSA) is 22.0 Å². The second-order valence-corrected chi connectivity index (χ2v) is 7.71. The lowest BCUT2D eigenvalue weighted by Crippen LogP contribution is -2.27. The third-order valence-corrected chi connectivity index (χ3v) is 5.16. The molecule has 0 unspecified atom stereocenters. The van der Waals surface area contributed by atoms with Crippen LogP contribution in [-0.2, 0) is 6.42 Å². The van der Waals surface area contributed by atoms with E-state index in [0.29, 0.717) is 6.42 Å². The lowest BCUT2D eigenvalue weighted by atomic mass is 9.76. The highest BCUT2D eigenvalue weighted by Gasteiger charge is 2.34. The molecule has 1 aromatic heterocycles. The Kier molecular flexibility index (Phi) is 3.36. The summed E-state index contributed by atoms with van der Waals surface area (Å²) in [5.74, 6) is 0.275. The van der Waals surface area contributed by atoms with Gasteiger partial charge in [-0.15, -0.1) is 0 Å². The highest BCUT2D eigenvalue weighted by atomic mass is 79.9. The maximum Gasteiger partial charge on any atom is 0.165 e. The van der Waals surface area contributed by atoms with Gasteiger partial charge in [0.1, 0.15) is 0 Å². The molecule has 1 aliphatic carbocycles. The second kappa shape index (κ2) is 4.84. The second-order valence-electron chi connectivity index (χ2n) is 6.86. The number of aromatic nitrogens is 1. The van der Waals surface area contributed by atoms with Gasteiger partial charge in [-0.05, 0) is 55.5 Å². The molecule has 2 aromatic rings. The normalized spacial score (nSPS) is 16.9. The summed E-state index contributed by atoms with van der Waals surface area (Å²) in [7, 11) is 0. The summed E-state index contributed by atoms with van der Waals surface area (Å²) in [5.41, 5.74) is 5.59. The van der Waals surface area contributed by atoms with Gasteiger partial charge in [0.2, 0.25) is 0 Å². The minimum Gasteiger partial charge on any atom is -0.317 e. The van der Waals surface area contributed by atoms with Crippen LogP contribution in [0.5, 0.6) is 0 Å². The predicted molar refractivity (Wildman–Crippen MR) is 89.4 cm³/mol. The van der Waals surface area contributed by atoms with E-state index in [4.69, 9.17) is 0 Å². The van der Waals surface area contributed by atoms with E-state index in [0.717, 1.165) is 33.5 Å². The number of benzene rings is 1. The number of Topliss-reactive ketones (excluding diaryl/α,β-unsaturated/α-hetero) is 1. The molecule has 3 heteroatoms. The molecular weight excluding hydrogens is 326 g/mol. The molecule has 21 heavy (non-hydrogen) atoms. The van der Waals surface area contributed by atoms with Crippen molar-refractivity contribution in [2.75, 3.05) is 0 Å². The number of fused-ring (bicyclic) bond motifs is 1. The molecule has 1 aromatic carbocycles. The molecule has 0 radical (unpaired) electrons. The Balaban J connectivity index is 2.20. The largest absolute Gasteiger partial charge is 0.317 e. The lowest BCUT2D eigenvalue weighted by molar-refractivity contribution is 0.0911. The number of rotatable bonds is 1. The number of halogens is 1. The lowest BCUT2D eigenvalue weighted by Gasteiger charge is -2.30. The Labute approximate surface area is 134 Å². The van der Waals surface area contributed by atoms with E-state index >= 15 is 0 Å². The van der Waals surface area contributed by atoms with E-state index < -0.39 is 0 Å². The molecular formula is C18H20BrNO. The fourth-order valence-corrected chi connectivity index (χ4v) is 3.53. The molecule has 0 bridgehead atoms. The van der Waals surface area contributed by atoms with Crippen LogP contribution < -0.4 is 0 Å². The Bertz CT molecular complexity index is 740. The zero-order valence-corrected chi connectivity index (χ0v) is 14.5. The van der Waals surface area contributed by atoms with Gasteiger partial charge in [0.25, 0.3) is 0 Å². The summed E-state index contributed by atoms with van der Waals surface area (Å²) in [6.07, 6.45) is 1.58. The van der Waals surface area contributed by atoms with Crippen LogP contribution in [0.15, 0.2) is 28.7 Å². The standard InChI is InChI=1S/C18H20BrNO/c1-11-7-13(5-6-15(11)19)20-12(2)8-14-16(20)9-18(3,4)10-17(14)21/h5-8H,9-10H2,1-4H3. The van der Waals surface area contributed by atoms with E-state index in [1.807, 2.05) is 6.07 Å². The SMILES string of the molecule is Cc1cc(-n2c(C)cc3c2CC(C)(C)CC3=O)ccc1Br. The summed E-state index contributed by atoms with van der Waals surface area (Å²) < 4.78 is 3.36. The number of hydrogen-bond acceptors (Lipinski definition) is 1. The molecule has 0 saturated carbocycles. The fourth-order valence-electron chi connectivity index (χ4n) is 3.28. The number of carbonyl (C=O) groups is 1. The van der Waals surface area contributed by atoms with Crippen molar-refractivity contribution in [3.63, 3.8) is 0 Å². The average Bonchev–Trinajstić information content (AvgIpc) is 2.68. The van der Waals surface area contributed by atoms with Crippen LogP contribution in [0.1, 0.15) is 47.6 Å². The molecule has 0 atom stereocenters. The molecule has 0 fully saturated rings. The van der Waals surface area contributed by atoms with Crippen molar-refractivity contribution < 1.29 is 4.79 Å². The minimum atomic E-state index is 0.0387. The Morgan fingerprint density at radius 2 is 1.86 bits per heavy atom. The van der Waals surface area contributed by atoms with Gasteiger partial charge in [-0.25, -0.2) is 0 Å². The first kappa shape index (κ1) is 14.6. The van der Waals surface area contributed by atoms with Crippen molar-refractivity contribution in [2.24, 2.45) is 5.41 Å². The van der Waals surface area contributed by atoms with Crippen LogP contribution in [0, 0.1) is 19.3 Å². The van der Waals surface area contributed by atoms with Gasteiger partial charge in [0, 0.05) is 33.5 Å². The highest BCUT2D eigenvalue weighted by Crippen LogP contribution is 2.37. The van der Waals surface area contributed by atoms with Crippen LogP contribution in [0.3, 0.4) is 0 Å². The molecule has 0 saturated heterocycles. The van der Waals surface area contributed by atoms with Gasteiger partial charge in [-0.2, -0.15) is 0 Å². The molecule has 3 rings (SSSR count). The zero-order valence-electron chi connectivity index (χ0n) is 13.0. The molecule has 0 N–H and O–H groups in total. The monoisotopic (exact) mass is 345 g/mol. The van der Waals surface area contributed by atoms with Crippen LogP contribution >= 0.6 is 15.9 Å². The Morgan fingerprint density at radius 3 is 2.52 bits per heavy atom. The third kappa shape index (κ3) is 2.48. The first-order valence-electron chi connectivity index (χ1n) is 7.29. The number of aryl methyl sites for hydroxylation is 2. The van der Waals surface area contributed by atoms with Gasteiger partial charge in [-0.1, -0.05) is 29.8 Å². The molecule has 110 valence electrons. The van der Waals surface area contributed by atoms with Gasteiger partial charge in [0.05, 0.1) is 0 Å². The number of ketones is 1. The average molecular weight is 346 g/mol. The predicted octanol–water partition coefficient (Wildman–Crippen LogP) is 5.01. The van der Waals surface area contributed by atoms with E-state index in [1.165, 1.54) is 5.56 Å². The summed E-state index contributed by atoms with van der Waals surface area (Å²) in [4.78, 5) is 12.4. The van der Waals surface area contributed by atoms with Gasteiger partial charge in [-0.3, -0.25) is 4.79 Å². The molecule has 0 amide bonds. The van der Waals surface area contributed by atoms with Crippen molar-refractivity contribution in [2.45, 2.75) is 40.5 Å². The number of carbonyl (C=O) groups excluding carboxylic acids is 1. The van der Waals surface area contributed by atoms with Crippen molar-refractivity contribution in [3.05, 3.63) is 51.3 Å². The molecule has 0 spiro atoms. The fraction of sp³-hybridized carbons (Fsp3) is 0.389. The van der Waals surface area contributed by atoms with Gasteiger partial charge >= 0.3 is 0 Å². The van der Waals surface area contributed by atoms with E-state index in [-0.39, 0.29) is 11.2 Å². The molecule has 1 heterocycles. The number of hydrogen-bond donors (Lipinski definition) is 0. The van der Waals surface area contributed by atoms with Gasteiger partial charge in [0.15, 0.2) is 5.78 Å². The van der Waals surface area contributed by atoms with Crippen LogP contribution in [0.4, 0.5) is 0 Å². The van der Waals surface area contributed by atoms with E-state index in [2.05, 4.69) is 66.4 Å². The van der Waals surface area contributed by atoms with Crippen LogP contribution in [0.2, 0.25) is 0 Å². The summed E-state index contributed by atoms with van der Waals surface area (Å²) in [5, 5.41) is 0. The first-order valence-corrected chi connectivity index (χ1v) is 8.09. The van der Waals surface area contributed by atoms with Crippen molar-refractivity contribution in [3.8, 4) is 5.69 Å². The maximum atomic E-state index is 12.4. The summed E-state index contributed by atoms with van der Waals surface area (Å²) >= 11 is 3.55. The quantitative estimate of drug-likeness (QED) is 0.711. The van der Waals surface area contributed by atoms with Crippen molar-refractivity contribution >= 4 is 21.7 Å². The van der Waals surface area contributed by atoms with Crippen molar-refractivity contribution in [1.82, 2.24) is 4.57 Å². The zero-order chi connectivity index (χ0) is 15.4. The molecule has 0 aliphatic heterocycles. The van der Waals surface area contributed by atoms with Crippen molar-refractivity contribution in [1.29, 1.82) is 0 Å². The van der Waals surface area contributed by atoms with Crippen LogP contribution in [-0.4, -0.2) is 10.4 Å². The Morgan fingerprint density at radius 1 is 1.14 bits per heavy atom.